The molecule has 2 aromatic rings. The van der Waals surface area contributed by atoms with Crippen molar-refractivity contribution < 1.29 is 24.4 Å². The molecule has 0 spiro atoms. The molecule has 0 aromatic heterocycles. The van der Waals surface area contributed by atoms with E-state index in [2.05, 4.69) is 17.6 Å². The molecule has 32 heavy (non-hydrogen) atoms. The summed E-state index contributed by atoms with van der Waals surface area (Å²) in [5, 5.41) is 25.1. The van der Waals surface area contributed by atoms with Gasteiger partial charge in [-0.2, -0.15) is 0 Å². The summed E-state index contributed by atoms with van der Waals surface area (Å²) in [4.78, 5) is 35.8. The number of amides is 2. The average molecular weight is 441 g/mol. The topological polar surface area (TPSA) is 131 Å². The van der Waals surface area contributed by atoms with Crippen molar-refractivity contribution in [2.75, 3.05) is 19.8 Å². The number of hydrogen-bond acceptors (Lipinski definition) is 6. The maximum Gasteiger partial charge on any atom is 0.270 e. The maximum absolute atomic E-state index is 12.7. The van der Waals surface area contributed by atoms with Gasteiger partial charge in [-0.1, -0.05) is 25.5 Å². The number of benzene rings is 2. The molecule has 2 aromatic carbocycles. The molecule has 2 amide bonds. The van der Waals surface area contributed by atoms with Crippen LogP contribution in [0.5, 0.6) is 5.75 Å². The third kappa shape index (κ3) is 7.84. The highest BCUT2D eigenvalue weighted by Crippen LogP contribution is 2.16. The van der Waals surface area contributed by atoms with Crippen LogP contribution >= 0.6 is 0 Å². The molecule has 0 fully saturated rings. The fourth-order valence-corrected chi connectivity index (χ4v) is 2.66. The Kier molecular flexibility index (Phi) is 9.86. The molecule has 3 N–H and O–H groups in total. The fraction of sp³-hybridized carbons (Fsp3) is 0.304. The summed E-state index contributed by atoms with van der Waals surface area (Å²) >= 11 is 0. The van der Waals surface area contributed by atoms with Gasteiger partial charge in [0.2, 0.25) is 0 Å². The van der Waals surface area contributed by atoms with Crippen molar-refractivity contribution in [1.29, 1.82) is 0 Å². The van der Waals surface area contributed by atoms with Crippen LogP contribution in [0.4, 0.5) is 5.69 Å². The third-order valence-corrected chi connectivity index (χ3v) is 4.39. The highest BCUT2D eigenvalue weighted by Gasteiger charge is 2.15. The minimum Gasteiger partial charge on any atom is -0.494 e. The molecule has 0 bridgehead atoms. The molecule has 0 aliphatic carbocycles. The van der Waals surface area contributed by atoms with Crippen LogP contribution in [0, 0.1) is 10.1 Å². The summed E-state index contributed by atoms with van der Waals surface area (Å²) in [6, 6.07) is 12.2. The van der Waals surface area contributed by atoms with Gasteiger partial charge in [-0.05, 0) is 48.7 Å². The first-order chi connectivity index (χ1) is 15.4. The molecule has 0 unspecified atom stereocenters. The number of rotatable bonds is 12. The van der Waals surface area contributed by atoms with E-state index >= 15 is 0 Å². The highest BCUT2D eigenvalue weighted by molar-refractivity contribution is 6.05. The van der Waals surface area contributed by atoms with E-state index in [0.29, 0.717) is 29.9 Å². The zero-order valence-electron chi connectivity index (χ0n) is 17.9. The molecule has 170 valence electrons. The quantitative estimate of drug-likeness (QED) is 0.201. The lowest BCUT2D eigenvalue weighted by atomic mass is 10.1. The molecule has 2 rings (SSSR count). The molecule has 0 atom stereocenters. The monoisotopic (exact) mass is 441 g/mol. The summed E-state index contributed by atoms with van der Waals surface area (Å²) in [5.74, 6) is -0.443. The largest absolute Gasteiger partial charge is 0.494 e. The van der Waals surface area contributed by atoms with Crippen LogP contribution in [0.3, 0.4) is 0 Å². The van der Waals surface area contributed by atoms with Crippen LogP contribution in [0.2, 0.25) is 0 Å². The molecular formula is C23H27N3O6. The molecule has 0 saturated heterocycles. The number of carbonyl (C=O) groups excluding carboxylic acids is 2. The van der Waals surface area contributed by atoms with E-state index in [0.717, 1.165) is 12.8 Å². The second kappa shape index (κ2) is 12.9. The lowest BCUT2D eigenvalue weighted by Crippen LogP contribution is -2.35. The molecular weight excluding hydrogens is 414 g/mol. The lowest BCUT2D eigenvalue weighted by Gasteiger charge is -2.11. The Morgan fingerprint density at radius 2 is 1.91 bits per heavy atom. The number of aliphatic hydroxyl groups excluding tert-OH is 1. The number of unbranched alkanes of at least 4 members (excludes halogenated alkanes) is 1. The summed E-state index contributed by atoms with van der Waals surface area (Å²) in [6.45, 7) is 2.77. The Hall–Kier alpha value is -3.72. The predicted octanol–water partition coefficient (Wildman–Crippen LogP) is 3.04. The van der Waals surface area contributed by atoms with Gasteiger partial charge in [-0.3, -0.25) is 19.7 Å². The first kappa shape index (κ1) is 24.5. The van der Waals surface area contributed by atoms with Crippen LogP contribution in [0.1, 0.15) is 42.1 Å². The Labute approximate surface area is 186 Å². The molecule has 0 aliphatic rings. The first-order valence-electron chi connectivity index (χ1n) is 10.3. The minimum absolute atomic E-state index is 0.0725. The van der Waals surface area contributed by atoms with Crippen molar-refractivity contribution >= 4 is 23.6 Å². The number of carbonyl (C=O) groups is 2. The molecule has 0 radical (unpaired) electrons. The van der Waals surface area contributed by atoms with Crippen molar-refractivity contribution in [2.45, 2.75) is 26.2 Å². The van der Waals surface area contributed by atoms with Gasteiger partial charge < -0.3 is 20.5 Å². The smallest absolute Gasteiger partial charge is 0.270 e. The van der Waals surface area contributed by atoms with Crippen molar-refractivity contribution in [1.82, 2.24) is 10.6 Å². The number of nitrogens with zero attached hydrogens (tertiary/aromatic N) is 1. The van der Waals surface area contributed by atoms with Crippen LogP contribution in [0.15, 0.2) is 54.2 Å². The standard InChI is InChI=1S/C23H27N3O6/c1-2-3-14-32-20-10-8-18(9-11-20)22(28)25-21(23(29)24-12-5-13-27)16-17-6-4-7-19(15-17)26(30)31/h4,6-11,15-16,27H,2-3,5,12-14H2,1H3,(H,24,29)(H,25,28). The fourth-order valence-electron chi connectivity index (χ4n) is 2.66. The number of nitro groups is 1. The minimum atomic E-state index is -0.571. The van der Waals surface area contributed by atoms with Gasteiger partial charge in [-0.15, -0.1) is 0 Å². The molecule has 9 heteroatoms. The second-order valence-electron chi connectivity index (χ2n) is 6.92. The van der Waals surface area contributed by atoms with Crippen LogP contribution in [-0.2, 0) is 4.79 Å². The normalized spacial score (nSPS) is 11.0. The summed E-state index contributed by atoms with van der Waals surface area (Å²) in [6.07, 6.45) is 3.66. The van der Waals surface area contributed by atoms with E-state index < -0.39 is 16.7 Å². The van der Waals surface area contributed by atoms with E-state index in [1.165, 1.54) is 24.3 Å². The number of nitrogens with one attached hydrogen (secondary N) is 2. The lowest BCUT2D eigenvalue weighted by molar-refractivity contribution is -0.384. The van der Waals surface area contributed by atoms with Crippen molar-refractivity contribution in [3.8, 4) is 5.75 Å². The summed E-state index contributed by atoms with van der Waals surface area (Å²) in [5.41, 5.74) is 0.493. The predicted molar refractivity (Wildman–Crippen MR) is 120 cm³/mol. The third-order valence-electron chi connectivity index (χ3n) is 4.39. The SMILES string of the molecule is CCCCOc1ccc(C(=O)NC(=Cc2cccc([N+](=O)[O-])c2)C(=O)NCCCO)cc1. The summed E-state index contributed by atoms with van der Waals surface area (Å²) < 4.78 is 5.58. The average Bonchev–Trinajstić information content (AvgIpc) is 2.79. The molecule has 0 aliphatic heterocycles. The summed E-state index contributed by atoms with van der Waals surface area (Å²) in [7, 11) is 0. The van der Waals surface area contributed by atoms with Crippen molar-refractivity contribution in [3.05, 3.63) is 75.5 Å². The van der Waals surface area contributed by atoms with E-state index in [1.54, 1.807) is 30.3 Å². The Balaban J connectivity index is 2.20. The van der Waals surface area contributed by atoms with Crippen LogP contribution in [0.25, 0.3) is 6.08 Å². The number of hydrogen-bond donors (Lipinski definition) is 3. The number of ether oxygens (including phenoxy) is 1. The highest BCUT2D eigenvalue weighted by atomic mass is 16.6. The second-order valence-corrected chi connectivity index (χ2v) is 6.92. The maximum atomic E-state index is 12.7. The molecule has 9 nitrogen and oxygen atoms in total. The molecule has 0 saturated carbocycles. The van der Waals surface area contributed by atoms with Crippen molar-refractivity contribution in [2.24, 2.45) is 0 Å². The number of nitro benzene ring substituents is 1. The van der Waals surface area contributed by atoms with Gasteiger partial charge in [0.15, 0.2) is 0 Å². The zero-order chi connectivity index (χ0) is 23.3. The van der Waals surface area contributed by atoms with E-state index in [-0.39, 0.29) is 24.5 Å². The first-order valence-corrected chi connectivity index (χ1v) is 10.3. The van der Waals surface area contributed by atoms with Gasteiger partial charge in [0.05, 0.1) is 11.5 Å². The zero-order valence-corrected chi connectivity index (χ0v) is 17.9. The Morgan fingerprint density at radius 3 is 2.56 bits per heavy atom. The van der Waals surface area contributed by atoms with Gasteiger partial charge in [0, 0.05) is 30.8 Å². The number of aliphatic hydroxyl groups is 1. The van der Waals surface area contributed by atoms with Gasteiger partial charge >= 0.3 is 0 Å². The Bertz CT molecular complexity index is 956. The van der Waals surface area contributed by atoms with E-state index in [1.807, 2.05) is 0 Å². The van der Waals surface area contributed by atoms with Gasteiger partial charge in [0.1, 0.15) is 11.4 Å². The Morgan fingerprint density at radius 1 is 1.16 bits per heavy atom. The van der Waals surface area contributed by atoms with Gasteiger partial charge in [0.25, 0.3) is 17.5 Å². The van der Waals surface area contributed by atoms with E-state index in [9.17, 15) is 19.7 Å². The van der Waals surface area contributed by atoms with Crippen molar-refractivity contribution in [3.63, 3.8) is 0 Å². The van der Waals surface area contributed by atoms with E-state index in [4.69, 9.17) is 9.84 Å². The van der Waals surface area contributed by atoms with Gasteiger partial charge in [-0.25, -0.2) is 0 Å². The van der Waals surface area contributed by atoms with Crippen LogP contribution in [-0.4, -0.2) is 41.6 Å². The van der Waals surface area contributed by atoms with Crippen LogP contribution < -0.4 is 15.4 Å². The number of non-ortho nitro benzene ring substituents is 1. The molecule has 0 heterocycles.